The van der Waals surface area contributed by atoms with E-state index in [0.717, 1.165) is 5.56 Å². The lowest BCUT2D eigenvalue weighted by Crippen LogP contribution is -2.45. The van der Waals surface area contributed by atoms with Gasteiger partial charge in [0.2, 0.25) is 11.8 Å². The minimum Gasteiger partial charge on any atom is -0.335 e. The van der Waals surface area contributed by atoms with Gasteiger partial charge in [0.15, 0.2) is 5.78 Å². The van der Waals surface area contributed by atoms with Gasteiger partial charge in [0.1, 0.15) is 5.41 Å². The van der Waals surface area contributed by atoms with E-state index in [2.05, 4.69) is 5.32 Å². The number of nitrogens with zero attached hydrogens (tertiary/aromatic N) is 1. The van der Waals surface area contributed by atoms with Crippen LogP contribution in [0, 0.1) is 5.41 Å². The monoisotopic (exact) mass is 378 g/mol. The van der Waals surface area contributed by atoms with Gasteiger partial charge in [0.25, 0.3) is 0 Å². The Labute approximate surface area is 165 Å². The molecule has 5 nitrogen and oxygen atoms in total. The first-order chi connectivity index (χ1) is 13.3. The van der Waals surface area contributed by atoms with E-state index in [1.165, 1.54) is 6.92 Å². The highest BCUT2D eigenvalue weighted by Crippen LogP contribution is 2.48. The number of Topliss-reactive ketones (excluding diaryl/α,β-unsaturated/α-hetero) is 1. The number of anilines is 1. The highest BCUT2D eigenvalue weighted by molar-refractivity contribution is 6.13. The summed E-state index contributed by atoms with van der Waals surface area (Å²) in [5.41, 5.74) is 1.10. The fourth-order valence-corrected chi connectivity index (χ4v) is 3.27. The molecule has 1 aliphatic rings. The van der Waals surface area contributed by atoms with Crippen molar-refractivity contribution < 1.29 is 14.4 Å². The van der Waals surface area contributed by atoms with Crippen LogP contribution in [0.1, 0.15) is 49.5 Å². The molecule has 0 bridgehead atoms. The van der Waals surface area contributed by atoms with Crippen LogP contribution >= 0.6 is 0 Å². The van der Waals surface area contributed by atoms with Crippen LogP contribution in [0.2, 0.25) is 0 Å². The molecule has 0 aromatic heterocycles. The number of carbonyl (C=O) groups excluding carboxylic acids is 3. The van der Waals surface area contributed by atoms with Crippen LogP contribution in [0.15, 0.2) is 54.6 Å². The third-order valence-electron chi connectivity index (χ3n) is 5.20. The van der Waals surface area contributed by atoms with Crippen molar-refractivity contribution in [1.29, 1.82) is 0 Å². The summed E-state index contributed by atoms with van der Waals surface area (Å²) in [6, 6.07) is 16.6. The van der Waals surface area contributed by atoms with Gasteiger partial charge < -0.3 is 10.2 Å². The van der Waals surface area contributed by atoms with Crippen molar-refractivity contribution >= 4 is 23.3 Å². The minimum absolute atomic E-state index is 0.0148. The second kappa shape index (κ2) is 7.97. The fourth-order valence-electron chi connectivity index (χ4n) is 3.27. The maximum absolute atomic E-state index is 13.3. The SMILES string of the molecule is CC(=O)c1cccc(NC(=O)C2(C(=O)N(Cc3ccccc3)C(C)C)CC2)c1. The van der Waals surface area contributed by atoms with Crippen molar-refractivity contribution in [2.45, 2.75) is 46.2 Å². The number of rotatable bonds is 7. The molecule has 0 unspecified atom stereocenters. The molecule has 3 rings (SSSR count). The van der Waals surface area contributed by atoms with Crippen LogP contribution in [0.3, 0.4) is 0 Å². The quantitative estimate of drug-likeness (QED) is 0.584. The first-order valence-corrected chi connectivity index (χ1v) is 9.61. The van der Waals surface area contributed by atoms with E-state index < -0.39 is 5.41 Å². The van der Waals surface area contributed by atoms with E-state index in [1.807, 2.05) is 44.2 Å². The molecule has 0 heterocycles. The molecule has 0 spiro atoms. The molecule has 2 aromatic rings. The van der Waals surface area contributed by atoms with Crippen molar-refractivity contribution in [2.24, 2.45) is 5.41 Å². The van der Waals surface area contributed by atoms with Crippen LogP contribution in [-0.4, -0.2) is 28.5 Å². The van der Waals surface area contributed by atoms with Gasteiger partial charge in [0.05, 0.1) is 0 Å². The molecule has 0 atom stereocenters. The molecule has 1 fully saturated rings. The van der Waals surface area contributed by atoms with E-state index in [-0.39, 0.29) is 23.6 Å². The molecule has 0 radical (unpaired) electrons. The zero-order chi connectivity index (χ0) is 20.3. The van der Waals surface area contributed by atoms with Gasteiger partial charge in [-0.15, -0.1) is 0 Å². The van der Waals surface area contributed by atoms with Gasteiger partial charge in [-0.05, 0) is 51.3 Å². The number of amides is 2. The van der Waals surface area contributed by atoms with Crippen molar-refractivity contribution in [2.75, 3.05) is 5.32 Å². The molecule has 0 aliphatic heterocycles. The van der Waals surface area contributed by atoms with Gasteiger partial charge in [-0.3, -0.25) is 14.4 Å². The molecule has 0 saturated heterocycles. The predicted molar refractivity (Wildman–Crippen MR) is 109 cm³/mol. The summed E-state index contributed by atoms with van der Waals surface area (Å²) in [5, 5.41) is 2.84. The fraction of sp³-hybridized carbons (Fsp3) is 0.348. The Morgan fingerprint density at radius 2 is 1.71 bits per heavy atom. The number of ketones is 1. The maximum Gasteiger partial charge on any atom is 0.240 e. The largest absolute Gasteiger partial charge is 0.335 e. The van der Waals surface area contributed by atoms with Gasteiger partial charge in [-0.25, -0.2) is 0 Å². The summed E-state index contributed by atoms with van der Waals surface area (Å²) in [6.07, 6.45) is 1.09. The predicted octanol–water partition coefficient (Wildman–Crippen LogP) is 4.05. The number of carbonyl (C=O) groups is 3. The smallest absolute Gasteiger partial charge is 0.240 e. The number of nitrogens with one attached hydrogen (secondary N) is 1. The van der Waals surface area contributed by atoms with E-state index in [1.54, 1.807) is 29.2 Å². The van der Waals surface area contributed by atoms with Crippen LogP contribution in [0.5, 0.6) is 0 Å². The Kier molecular flexibility index (Phi) is 5.63. The van der Waals surface area contributed by atoms with Crippen LogP contribution in [0.4, 0.5) is 5.69 Å². The molecule has 5 heteroatoms. The molecule has 146 valence electrons. The average molecular weight is 378 g/mol. The summed E-state index contributed by atoms with van der Waals surface area (Å²) >= 11 is 0. The topological polar surface area (TPSA) is 66.5 Å². The van der Waals surface area contributed by atoms with Gasteiger partial charge >= 0.3 is 0 Å². The van der Waals surface area contributed by atoms with Crippen molar-refractivity contribution in [3.05, 3.63) is 65.7 Å². The Balaban J connectivity index is 1.77. The second-order valence-corrected chi connectivity index (χ2v) is 7.69. The molecule has 1 N–H and O–H groups in total. The Morgan fingerprint density at radius 3 is 2.29 bits per heavy atom. The van der Waals surface area contributed by atoms with E-state index in [9.17, 15) is 14.4 Å². The van der Waals surface area contributed by atoms with Gasteiger partial charge in [0, 0.05) is 23.8 Å². The maximum atomic E-state index is 13.3. The Hall–Kier alpha value is -2.95. The molecule has 28 heavy (non-hydrogen) atoms. The molecular formula is C23H26N2O3. The summed E-state index contributed by atoms with van der Waals surface area (Å²) in [7, 11) is 0. The normalized spacial score (nSPS) is 14.4. The van der Waals surface area contributed by atoms with Crippen molar-refractivity contribution in [3.8, 4) is 0 Å². The van der Waals surface area contributed by atoms with Gasteiger partial charge in [-0.2, -0.15) is 0 Å². The van der Waals surface area contributed by atoms with Crippen molar-refractivity contribution in [3.63, 3.8) is 0 Å². The first-order valence-electron chi connectivity index (χ1n) is 9.61. The Morgan fingerprint density at radius 1 is 1.04 bits per heavy atom. The van der Waals surface area contributed by atoms with Crippen molar-refractivity contribution in [1.82, 2.24) is 4.90 Å². The standard InChI is InChI=1S/C23H26N2O3/c1-16(2)25(15-18-8-5-4-6-9-18)22(28)23(12-13-23)21(27)24-20-11-7-10-19(14-20)17(3)26/h4-11,14,16H,12-13,15H2,1-3H3,(H,24,27). The lowest BCUT2D eigenvalue weighted by atomic mass is 10.0. The minimum atomic E-state index is -1.01. The van der Waals surface area contributed by atoms with E-state index in [0.29, 0.717) is 30.6 Å². The van der Waals surface area contributed by atoms with Crippen LogP contribution in [0.25, 0.3) is 0 Å². The van der Waals surface area contributed by atoms with E-state index >= 15 is 0 Å². The number of hydrogen-bond acceptors (Lipinski definition) is 3. The average Bonchev–Trinajstić information content (AvgIpc) is 3.48. The lowest BCUT2D eigenvalue weighted by molar-refractivity contribution is -0.144. The second-order valence-electron chi connectivity index (χ2n) is 7.69. The first kappa shape index (κ1) is 19.8. The van der Waals surface area contributed by atoms with Crippen LogP contribution < -0.4 is 5.32 Å². The highest BCUT2D eigenvalue weighted by Gasteiger charge is 2.58. The third-order valence-corrected chi connectivity index (χ3v) is 5.20. The summed E-state index contributed by atoms with van der Waals surface area (Å²) < 4.78 is 0. The summed E-state index contributed by atoms with van der Waals surface area (Å²) in [5.74, 6) is -0.495. The number of hydrogen-bond donors (Lipinski definition) is 1. The lowest BCUT2D eigenvalue weighted by Gasteiger charge is -2.30. The van der Waals surface area contributed by atoms with E-state index in [4.69, 9.17) is 0 Å². The molecule has 2 amide bonds. The number of benzene rings is 2. The molecule has 1 saturated carbocycles. The summed E-state index contributed by atoms with van der Waals surface area (Å²) in [4.78, 5) is 39.6. The zero-order valence-corrected chi connectivity index (χ0v) is 16.6. The molecular weight excluding hydrogens is 352 g/mol. The van der Waals surface area contributed by atoms with Crippen LogP contribution in [-0.2, 0) is 16.1 Å². The zero-order valence-electron chi connectivity index (χ0n) is 16.6. The third kappa shape index (κ3) is 4.14. The molecule has 2 aromatic carbocycles. The summed E-state index contributed by atoms with van der Waals surface area (Å²) in [6.45, 7) is 5.89. The highest BCUT2D eigenvalue weighted by atomic mass is 16.2. The Bertz CT molecular complexity index is 886. The molecule has 1 aliphatic carbocycles. The van der Waals surface area contributed by atoms with Gasteiger partial charge in [-0.1, -0.05) is 42.5 Å².